The number of fused-ring (bicyclic) bond motifs is 1. The van der Waals surface area contributed by atoms with E-state index in [1.54, 1.807) is 43.1 Å². The Kier molecular flexibility index (Phi) is 7.33. The van der Waals surface area contributed by atoms with Gasteiger partial charge in [0.25, 0.3) is 0 Å². The fourth-order valence-corrected chi connectivity index (χ4v) is 4.05. The molecular formula is C25H29FN6O3. The van der Waals surface area contributed by atoms with E-state index in [9.17, 15) is 9.18 Å². The molecule has 2 heterocycles. The minimum absolute atomic E-state index is 0.375. The lowest BCUT2D eigenvalue weighted by Gasteiger charge is -2.18. The van der Waals surface area contributed by atoms with Crippen molar-refractivity contribution in [2.24, 2.45) is 11.6 Å². The van der Waals surface area contributed by atoms with Gasteiger partial charge in [-0.05, 0) is 55.3 Å². The van der Waals surface area contributed by atoms with Crippen molar-refractivity contribution in [2.75, 3.05) is 25.3 Å². The molecule has 4 rings (SSSR count). The van der Waals surface area contributed by atoms with Crippen LogP contribution in [0.1, 0.15) is 30.3 Å². The Morgan fingerprint density at radius 2 is 2.03 bits per heavy atom. The number of benzene rings is 2. The Labute approximate surface area is 202 Å². The molecular weight excluding hydrogens is 451 g/mol. The molecule has 0 bridgehead atoms. The van der Waals surface area contributed by atoms with Crippen molar-refractivity contribution in [3.63, 3.8) is 0 Å². The molecule has 0 saturated carbocycles. The fourth-order valence-electron chi connectivity index (χ4n) is 4.05. The maximum absolute atomic E-state index is 13.4. The van der Waals surface area contributed by atoms with E-state index in [-0.39, 0.29) is 5.82 Å². The van der Waals surface area contributed by atoms with Crippen LogP contribution in [-0.2, 0) is 17.7 Å². The van der Waals surface area contributed by atoms with E-state index in [0.717, 1.165) is 23.2 Å². The van der Waals surface area contributed by atoms with Crippen LogP contribution in [0.15, 0.2) is 53.1 Å². The van der Waals surface area contributed by atoms with Crippen molar-refractivity contribution >= 4 is 17.8 Å². The monoisotopic (exact) mass is 480 g/mol. The van der Waals surface area contributed by atoms with Crippen molar-refractivity contribution in [2.45, 2.75) is 26.3 Å². The zero-order valence-corrected chi connectivity index (χ0v) is 19.8. The van der Waals surface area contributed by atoms with Crippen LogP contribution in [0.2, 0.25) is 0 Å². The molecule has 184 valence electrons. The van der Waals surface area contributed by atoms with E-state index in [0.29, 0.717) is 49.1 Å². The number of nitrogens with two attached hydrogens (primary N) is 2. The van der Waals surface area contributed by atoms with Gasteiger partial charge in [-0.15, -0.1) is 0 Å². The van der Waals surface area contributed by atoms with Crippen LogP contribution in [0.3, 0.4) is 0 Å². The predicted molar refractivity (Wildman–Crippen MR) is 133 cm³/mol. The zero-order valence-electron chi connectivity index (χ0n) is 19.8. The number of hydrazine groups is 1. The van der Waals surface area contributed by atoms with Crippen molar-refractivity contribution < 1.29 is 13.9 Å². The van der Waals surface area contributed by atoms with E-state index in [4.69, 9.17) is 21.1 Å². The van der Waals surface area contributed by atoms with E-state index in [1.165, 1.54) is 21.8 Å². The van der Waals surface area contributed by atoms with Crippen molar-refractivity contribution in [1.29, 1.82) is 0 Å². The normalized spacial score (nSPS) is 13.3. The summed E-state index contributed by atoms with van der Waals surface area (Å²) in [5.41, 5.74) is 9.10. The van der Waals surface area contributed by atoms with Gasteiger partial charge < -0.3 is 15.2 Å². The highest BCUT2D eigenvalue weighted by atomic mass is 19.1. The third-order valence-corrected chi connectivity index (χ3v) is 5.59. The van der Waals surface area contributed by atoms with Crippen LogP contribution in [0.5, 0.6) is 5.75 Å². The summed E-state index contributed by atoms with van der Waals surface area (Å²) in [6.07, 6.45) is 6.74. The molecule has 9 nitrogen and oxygen atoms in total. The summed E-state index contributed by atoms with van der Waals surface area (Å²) >= 11 is 0. The summed E-state index contributed by atoms with van der Waals surface area (Å²) in [5, 5.41) is 1.45. The smallest absolute Gasteiger partial charge is 0.369 e. The average molecular weight is 481 g/mol. The summed E-state index contributed by atoms with van der Waals surface area (Å²) in [4.78, 5) is 17.0. The number of aromatic nitrogens is 3. The lowest BCUT2D eigenvalue weighted by Crippen LogP contribution is -2.26. The number of hydrogen-bond acceptors (Lipinski definition) is 7. The van der Waals surface area contributed by atoms with E-state index < -0.39 is 5.69 Å². The fraction of sp³-hybridized carbons (Fsp3) is 0.280. The third-order valence-electron chi connectivity index (χ3n) is 5.59. The van der Waals surface area contributed by atoms with Crippen LogP contribution in [0.25, 0.3) is 17.8 Å². The van der Waals surface area contributed by atoms with Gasteiger partial charge in [0, 0.05) is 44.1 Å². The summed E-state index contributed by atoms with van der Waals surface area (Å²) in [6.45, 7) is 3.33. The highest BCUT2D eigenvalue weighted by Gasteiger charge is 2.21. The lowest BCUT2D eigenvalue weighted by molar-refractivity contribution is 0.188. The molecule has 4 N–H and O–H groups in total. The van der Waals surface area contributed by atoms with E-state index >= 15 is 0 Å². The molecule has 0 atom stereocenters. The number of hydrogen-bond donors (Lipinski definition) is 2. The lowest BCUT2D eigenvalue weighted by atomic mass is 10.0. The second-order valence-electron chi connectivity index (χ2n) is 8.20. The molecule has 0 spiro atoms. The number of ether oxygens (including phenoxy) is 2. The summed E-state index contributed by atoms with van der Waals surface area (Å²) < 4.78 is 27.7. The van der Waals surface area contributed by atoms with Crippen LogP contribution in [-0.4, -0.2) is 34.7 Å². The topological polar surface area (TPSA) is 114 Å². The first-order valence-electron chi connectivity index (χ1n) is 11.3. The largest absolute Gasteiger partial charge is 0.491 e. The van der Waals surface area contributed by atoms with Crippen LogP contribution < -0.4 is 27.0 Å². The quantitative estimate of drug-likeness (QED) is 0.275. The van der Waals surface area contributed by atoms with Gasteiger partial charge in [-0.25, -0.2) is 15.0 Å². The average Bonchev–Trinajstić information content (AvgIpc) is 3.43. The minimum Gasteiger partial charge on any atom is -0.491 e. The molecule has 1 aliphatic heterocycles. The summed E-state index contributed by atoms with van der Waals surface area (Å²) in [5.74, 6) is 6.96. The molecule has 2 aromatic carbocycles. The molecule has 0 amide bonds. The number of anilines is 1. The Balaban J connectivity index is 1.72. The Morgan fingerprint density at radius 3 is 2.74 bits per heavy atom. The molecule has 10 heteroatoms. The molecule has 3 aromatic rings. The van der Waals surface area contributed by atoms with Crippen molar-refractivity contribution in [3.8, 4) is 11.4 Å². The summed E-state index contributed by atoms with van der Waals surface area (Å²) in [7, 11) is 1.63. The van der Waals surface area contributed by atoms with Gasteiger partial charge in [0.1, 0.15) is 11.6 Å². The first kappa shape index (κ1) is 24.2. The van der Waals surface area contributed by atoms with Gasteiger partial charge in [-0.2, -0.15) is 9.67 Å². The predicted octanol–water partition coefficient (Wildman–Crippen LogP) is 2.82. The Hall–Kier alpha value is -3.89. The zero-order chi connectivity index (χ0) is 24.9. The number of methoxy groups -OCH3 is 1. The number of rotatable bonds is 9. The van der Waals surface area contributed by atoms with Crippen LogP contribution >= 0.6 is 0 Å². The maximum atomic E-state index is 13.4. The number of allylic oxidation sites excluding steroid dienone is 1. The second kappa shape index (κ2) is 10.6. The van der Waals surface area contributed by atoms with Gasteiger partial charge in [0.2, 0.25) is 0 Å². The summed E-state index contributed by atoms with van der Waals surface area (Å²) in [6, 6.07) is 9.55. The molecule has 0 fully saturated rings. The van der Waals surface area contributed by atoms with E-state index in [2.05, 4.69) is 4.98 Å². The van der Waals surface area contributed by atoms with Crippen molar-refractivity contribution in [1.82, 2.24) is 14.3 Å². The molecule has 0 unspecified atom stereocenters. The maximum Gasteiger partial charge on any atom is 0.369 e. The first-order valence-corrected chi connectivity index (χ1v) is 11.3. The van der Waals surface area contributed by atoms with Gasteiger partial charge in [-0.1, -0.05) is 12.1 Å². The standard InChI is InChI=1S/C25H29FN6O3/c1-17(27)16-30(28)22-10-4-18(21-12-15-35-24(21)22)5-11-23-29-25(33)32(31(23)13-3-14-34-2)20-8-6-19(26)7-9-20/h4-11,16H,3,12-15,27-28H2,1-2H3/b11-5+,17-16-. The van der Waals surface area contributed by atoms with E-state index in [1.807, 2.05) is 18.2 Å². The molecule has 35 heavy (non-hydrogen) atoms. The molecule has 0 saturated heterocycles. The SMILES string of the molecule is COCCCn1c(/C=C/c2ccc(N(N)/C=C(/C)N)c3c2CCO3)nc(=O)n1-c1ccc(F)cc1. The molecule has 1 aromatic heterocycles. The third kappa shape index (κ3) is 5.28. The highest BCUT2D eigenvalue weighted by molar-refractivity contribution is 5.75. The van der Waals surface area contributed by atoms with Crippen LogP contribution in [0, 0.1) is 5.82 Å². The Morgan fingerprint density at radius 1 is 1.26 bits per heavy atom. The minimum atomic E-state index is -0.444. The van der Waals surface area contributed by atoms with Gasteiger partial charge in [0.05, 0.1) is 18.0 Å². The van der Waals surface area contributed by atoms with Gasteiger partial charge in [0.15, 0.2) is 5.82 Å². The molecule has 0 aliphatic carbocycles. The molecule has 1 aliphatic rings. The Bertz CT molecular complexity index is 1310. The number of nitrogens with zero attached hydrogens (tertiary/aromatic N) is 4. The van der Waals surface area contributed by atoms with Crippen LogP contribution in [0.4, 0.5) is 10.1 Å². The highest BCUT2D eigenvalue weighted by Crippen LogP contribution is 2.38. The second-order valence-corrected chi connectivity index (χ2v) is 8.20. The van der Waals surface area contributed by atoms with Gasteiger partial charge in [-0.3, -0.25) is 9.69 Å². The number of halogens is 1. The van der Waals surface area contributed by atoms with Gasteiger partial charge >= 0.3 is 5.69 Å². The van der Waals surface area contributed by atoms with Crippen molar-refractivity contribution in [3.05, 3.63) is 81.5 Å². The first-order chi connectivity index (χ1) is 16.9. The molecule has 0 radical (unpaired) electrons.